The van der Waals surface area contributed by atoms with E-state index in [1.807, 2.05) is 12.1 Å². The molecule has 0 aromatic heterocycles. The Morgan fingerprint density at radius 3 is 2.39 bits per heavy atom. The number of allylic oxidation sites excluding steroid dienone is 2. The minimum atomic E-state index is -0.975. The minimum absolute atomic E-state index is 0.0490. The lowest BCUT2D eigenvalue weighted by Crippen LogP contribution is -2.34. The molecule has 0 saturated carbocycles. The van der Waals surface area contributed by atoms with Gasteiger partial charge in [0.1, 0.15) is 5.92 Å². The van der Waals surface area contributed by atoms with Crippen molar-refractivity contribution >= 4 is 34.6 Å². The number of nitro benzene ring substituents is 1. The number of benzene rings is 2. The number of hydrogen-bond acceptors (Lipinski definition) is 5. The van der Waals surface area contributed by atoms with Crippen molar-refractivity contribution in [3.05, 3.63) is 80.9 Å². The fraction of sp³-hybridized carbons (Fsp3) is 0.238. The van der Waals surface area contributed by atoms with Gasteiger partial charge in [0, 0.05) is 23.1 Å². The smallest absolute Gasteiger partial charge is 0.317 e. The number of non-ortho nitro benzene ring substituents is 1. The van der Waals surface area contributed by atoms with Gasteiger partial charge in [-0.2, -0.15) is 0 Å². The van der Waals surface area contributed by atoms with E-state index in [0.717, 1.165) is 11.1 Å². The normalized spacial score (nSPS) is 19.1. The first-order chi connectivity index (χ1) is 13.4. The number of esters is 1. The number of rotatable bonds is 5. The molecule has 144 valence electrons. The summed E-state index contributed by atoms with van der Waals surface area (Å²) in [5.74, 6) is -2.36. The molecule has 2 aromatic rings. The van der Waals surface area contributed by atoms with Gasteiger partial charge in [0.15, 0.2) is 5.78 Å². The molecule has 0 aliphatic heterocycles. The molecule has 0 radical (unpaired) electrons. The molecule has 0 N–H and O–H groups in total. The van der Waals surface area contributed by atoms with Gasteiger partial charge >= 0.3 is 5.97 Å². The van der Waals surface area contributed by atoms with Crippen LogP contribution in [0, 0.1) is 16.0 Å². The predicted octanol–water partition coefficient (Wildman–Crippen LogP) is 4.57. The number of ketones is 1. The Kier molecular flexibility index (Phi) is 5.90. The van der Waals surface area contributed by atoms with Gasteiger partial charge in [-0.25, -0.2) is 0 Å². The van der Waals surface area contributed by atoms with E-state index in [-0.39, 0.29) is 18.1 Å². The van der Waals surface area contributed by atoms with Crippen LogP contribution in [-0.4, -0.2) is 23.3 Å². The van der Waals surface area contributed by atoms with Gasteiger partial charge in [-0.3, -0.25) is 19.7 Å². The van der Waals surface area contributed by atoms with Gasteiger partial charge in [0.2, 0.25) is 0 Å². The number of hydrogen-bond donors (Lipinski definition) is 0. The van der Waals surface area contributed by atoms with Crippen LogP contribution in [0.2, 0.25) is 5.02 Å². The van der Waals surface area contributed by atoms with Gasteiger partial charge in [0.05, 0.1) is 11.5 Å². The Labute approximate surface area is 166 Å². The lowest BCUT2D eigenvalue weighted by molar-refractivity contribution is -0.384. The number of halogens is 1. The number of nitrogens with zero attached hydrogens (tertiary/aromatic N) is 1. The summed E-state index contributed by atoms with van der Waals surface area (Å²) in [6.45, 7) is 1.85. The van der Waals surface area contributed by atoms with Crippen LogP contribution in [0.4, 0.5) is 5.69 Å². The number of ether oxygens (including phenoxy) is 1. The fourth-order valence-corrected chi connectivity index (χ4v) is 3.53. The average Bonchev–Trinajstić information content (AvgIpc) is 2.68. The maximum Gasteiger partial charge on any atom is 0.317 e. The SMILES string of the molecule is CCOC(=O)C1C(=O)C=C(c2ccc(Cl)cc2)CC1c1ccc([N+](=O)[O-])cc1. The molecule has 2 atom stereocenters. The zero-order valence-corrected chi connectivity index (χ0v) is 15.9. The standard InChI is InChI=1S/C21H18ClNO5/c1-2-28-21(25)20-18(14-5-9-17(10-6-14)23(26)27)11-15(12-19(20)24)13-3-7-16(22)8-4-13/h3-10,12,18,20H,2,11H2,1H3. The van der Waals surface area contributed by atoms with E-state index in [1.54, 1.807) is 31.2 Å². The topological polar surface area (TPSA) is 86.5 Å². The highest BCUT2D eigenvalue weighted by Gasteiger charge is 2.39. The first-order valence-corrected chi connectivity index (χ1v) is 9.20. The Morgan fingerprint density at radius 1 is 1.18 bits per heavy atom. The first kappa shape index (κ1) is 19.8. The second-order valence-electron chi connectivity index (χ2n) is 6.47. The van der Waals surface area contributed by atoms with Crippen molar-refractivity contribution in [1.29, 1.82) is 0 Å². The third-order valence-corrected chi connectivity index (χ3v) is 5.00. The van der Waals surface area contributed by atoms with E-state index in [0.29, 0.717) is 17.0 Å². The van der Waals surface area contributed by atoms with Crippen molar-refractivity contribution in [3.63, 3.8) is 0 Å². The van der Waals surface area contributed by atoms with Crippen molar-refractivity contribution in [2.75, 3.05) is 6.61 Å². The number of nitro groups is 1. The Hall–Kier alpha value is -2.99. The molecule has 0 amide bonds. The molecular formula is C21H18ClNO5. The van der Waals surface area contributed by atoms with Crippen LogP contribution in [0.25, 0.3) is 5.57 Å². The highest BCUT2D eigenvalue weighted by atomic mass is 35.5. The molecule has 0 spiro atoms. The van der Waals surface area contributed by atoms with E-state index in [9.17, 15) is 19.7 Å². The summed E-state index contributed by atoms with van der Waals surface area (Å²) in [6, 6.07) is 13.0. The van der Waals surface area contributed by atoms with Gasteiger partial charge in [-0.15, -0.1) is 0 Å². The van der Waals surface area contributed by atoms with Gasteiger partial charge < -0.3 is 4.74 Å². The van der Waals surface area contributed by atoms with Gasteiger partial charge in [-0.1, -0.05) is 35.9 Å². The van der Waals surface area contributed by atoms with Gasteiger partial charge in [-0.05, 0) is 48.3 Å². The second-order valence-corrected chi connectivity index (χ2v) is 6.90. The molecule has 6 nitrogen and oxygen atoms in total. The third-order valence-electron chi connectivity index (χ3n) is 4.75. The van der Waals surface area contributed by atoms with Crippen LogP contribution in [0.5, 0.6) is 0 Å². The third kappa shape index (κ3) is 4.12. The van der Waals surface area contributed by atoms with Crippen LogP contribution in [0.3, 0.4) is 0 Å². The first-order valence-electron chi connectivity index (χ1n) is 8.82. The zero-order valence-electron chi connectivity index (χ0n) is 15.1. The van der Waals surface area contributed by atoms with Crippen molar-refractivity contribution in [2.24, 2.45) is 5.92 Å². The molecule has 7 heteroatoms. The molecule has 3 rings (SSSR count). The maximum atomic E-state index is 12.8. The lowest BCUT2D eigenvalue weighted by atomic mass is 9.73. The van der Waals surface area contributed by atoms with E-state index in [1.165, 1.54) is 18.2 Å². The van der Waals surface area contributed by atoms with Crippen LogP contribution in [-0.2, 0) is 14.3 Å². The Bertz CT molecular complexity index is 934. The highest BCUT2D eigenvalue weighted by molar-refractivity contribution is 6.30. The number of carbonyl (C=O) groups excluding carboxylic acids is 2. The summed E-state index contributed by atoms with van der Waals surface area (Å²) in [5, 5.41) is 11.5. The molecule has 0 bridgehead atoms. The van der Waals surface area contributed by atoms with Crippen LogP contribution < -0.4 is 0 Å². The van der Waals surface area contributed by atoms with Gasteiger partial charge in [0.25, 0.3) is 5.69 Å². The summed E-state index contributed by atoms with van der Waals surface area (Å²) >= 11 is 5.94. The molecule has 0 saturated heterocycles. The minimum Gasteiger partial charge on any atom is -0.465 e. The predicted molar refractivity (Wildman–Crippen MR) is 105 cm³/mol. The van der Waals surface area contributed by atoms with E-state index in [2.05, 4.69) is 0 Å². The van der Waals surface area contributed by atoms with E-state index < -0.39 is 22.7 Å². The summed E-state index contributed by atoms with van der Waals surface area (Å²) < 4.78 is 5.11. The van der Waals surface area contributed by atoms with Crippen LogP contribution >= 0.6 is 11.6 Å². The van der Waals surface area contributed by atoms with Crippen LogP contribution in [0.1, 0.15) is 30.4 Å². The maximum absolute atomic E-state index is 12.8. The van der Waals surface area contributed by atoms with Crippen LogP contribution in [0.15, 0.2) is 54.6 Å². The largest absolute Gasteiger partial charge is 0.465 e. The zero-order chi connectivity index (χ0) is 20.3. The van der Waals surface area contributed by atoms with E-state index >= 15 is 0 Å². The average molecular weight is 400 g/mol. The molecule has 2 unspecified atom stereocenters. The summed E-state index contributed by atoms with van der Waals surface area (Å²) in [5.41, 5.74) is 2.25. The molecular weight excluding hydrogens is 382 g/mol. The van der Waals surface area contributed by atoms with Crippen molar-refractivity contribution in [2.45, 2.75) is 19.3 Å². The molecule has 1 aliphatic carbocycles. The van der Waals surface area contributed by atoms with Crippen molar-refractivity contribution in [3.8, 4) is 0 Å². The molecule has 1 aliphatic rings. The Balaban J connectivity index is 2.00. The molecule has 28 heavy (non-hydrogen) atoms. The summed E-state index contributed by atoms with van der Waals surface area (Å²) in [4.78, 5) is 35.7. The molecule has 0 fully saturated rings. The number of carbonyl (C=O) groups is 2. The fourth-order valence-electron chi connectivity index (χ4n) is 3.40. The second kappa shape index (κ2) is 8.35. The van der Waals surface area contributed by atoms with Crippen molar-refractivity contribution in [1.82, 2.24) is 0 Å². The Morgan fingerprint density at radius 2 is 1.82 bits per heavy atom. The summed E-state index contributed by atoms with van der Waals surface area (Å²) in [7, 11) is 0. The monoisotopic (exact) mass is 399 g/mol. The van der Waals surface area contributed by atoms with Crippen molar-refractivity contribution < 1.29 is 19.2 Å². The summed E-state index contributed by atoms with van der Waals surface area (Å²) in [6.07, 6.45) is 1.90. The quantitative estimate of drug-likeness (QED) is 0.318. The lowest BCUT2D eigenvalue weighted by Gasteiger charge is -2.29. The van der Waals surface area contributed by atoms with E-state index in [4.69, 9.17) is 16.3 Å². The molecule has 2 aromatic carbocycles. The molecule has 0 heterocycles. The highest BCUT2D eigenvalue weighted by Crippen LogP contribution is 2.40.